The molecular formula is C13H10ClN3OS. The Morgan fingerprint density at radius 2 is 2.05 bits per heavy atom. The molecule has 0 saturated heterocycles. The van der Waals surface area contributed by atoms with Crippen LogP contribution in [-0.2, 0) is 0 Å². The smallest absolute Gasteiger partial charge is 0.232 e. The van der Waals surface area contributed by atoms with Crippen LogP contribution in [0.25, 0.3) is 10.2 Å². The van der Waals surface area contributed by atoms with Crippen molar-refractivity contribution in [2.45, 2.75) is 13.8 Å². The maximum absolute atomic E-state index is 5.91. The molecule has 0 aliphatic rings. The van der Waals surface area contributed by atoms with Gasteiger partial charge in [-0.05, 0) is 43.6 Å². The maximum Gasteiger partial charge on any atom is 0.232 e. The van der Waals surface area contributed by atoms with E-state index in [0.717, 1.165) is 20.8 Å². The van der Waals surface area contributed by atoms with E-state index >= 15 is 0 Å². The summed E-state index contributed by atoms with van der Waals surface area (Å²) in [5.41, 5.74) is 0.935. The van der Waals surface area contributed by atoms with E-state index in [1.807, 2.05) is 32.0 Å². The van der Waals surface area contributed by atoms with Crippen LogP contribution in [0.5, 0.6) is 11.6 Å². The van der Waals surface area contributed by atoms with Crippen LogP contribution in [0, 0.1) is 13.8 Å². The molecule has 0 N–H and O–H groups in total. The van der Waals surface area contributed by atoms with Crippen molar-refractivity contribution in [1.29, 1.82) is 0 Å². The molecule has 0 aliphatic carbocycles. The number of rotatable bonds is 2. The van der Waals surface area contributed by atoms with Gasteiger partial charge in [0.2, 0.25) is 11.2 Å². The molecule has 96 valence electrons. The summed E-state index contributed by atoms with van der Waals surface area (Å²) in [4.78, 5) is 14.5. The lowest BCUT2D eigenvalue weighted by Gasteiger charge is -2.05. The number of ether oxygens (including phenoxy) is 1. The number of aromatic nitrogens is 3. The van der Waals surface area contributed by atoms with Gasteiger partial charge in [-0.1, -0.05) is 0 Å². The van der Waals surface area contributed by atoms with Gasteiger partial charge in [0.05, 0.1) is 11.6 Å². The Balaban J connectivity index is 2.06. The van der Waals surface area contributed by atoms with Gasteiger partial charge < -0.3 is 4.74 Å². The number of hydrogen-bond acceptors (Lipinski definition) is 5. The van der Waals surface area contributed by atoms with E-state index in [0.29, 0.717) is 11.6 Å². The summed E-state index contributed by atoms with van der Waals surface area (Å²) < 4.78 is 5.75. The van der Waals surface area contributed by atoms with Crippen LogP contribution in [0.15, 0.2) is 24.4 Å². The van der Waals surface area contributed by atoms with E-state index in [1.54, 1.807) is 17.5 Å². The van der Waals surface area contributed by atoms with Gasteiger partial charge in [-0.25, -0.2) is 4.98 Å². The molecule has 0 fully saturated rings. The number of pyridine rings is 1. The zero-order chi connectivity index (χ0) is 13.4. The average Bonchev–Trinajstić information content (AvgIpc) is 2.72. The van der Waals surface area contributed by atoms with Crippen LogP contribution < -0.4 is 4.74 Å². The fourth-order valence-corrected chi connectivity index (χ4v) is 2.78. The molecule has 0 atom stereocenters. The zero-order valence-electron chi connectivity index (χ0n) is 10.3. The Morgan fingerprint density at radius 3 is 2.79 bits per heavy atom. The van der Waals surface area contributed by atoms with Gasteiger partial charge in [0.15, 0.2) is 0 Å². The highest BCUT2D eigenvalue weighted by atomic mass is 35.5. The molecule has 0 saturated carbocycles. The van der Waals surface area contributed by atoms with E-state index in [1.165, 1.54) is 0 Å². The van der Waals surface area contributed by atoms with Crippen molar-refractivity contribution >= 4 is 33.2 Å². The first-order chi connectivity index (χ1) is 9.11. The van der Waals surface area contributed by atoms with Gasteiger partial charge in [0, 0.05) is 10.6 Å². The third kappa shape index (κ3) is 2.52. The number of halogens is 1. The summed E-state index contributed by atoms with van der Waals surface area (Å²) in [7, 11) is 0. The Morgan fingerprint density at radius 1 is 1.21 bits per heavy atom. The van der Waals surface area contributed by atoms with Crippen molar-refractivity contribution in [3.63, 3.8) is 0 Å². The normalized spacial score (nSPS) is 10.9. The fraction of sp³-hybridized carbons (Fsp3) is 0.154. The molecule has 3 rings (SSSR count). The van der Waals surface area contributed by atoms with Crippen molar-refractivity contribution < 1.29 is 4.74 Å². The van der Waals surface area contributed by atoms with Crippen LogP contribution in [0.2, 0.25) is 5.28 Å². The number of hydrogen-bond donors (Lipinski definition) is 0. The topological polar surface area (TPSA) is 47.9 Å². The van der Waals surface area contributed by atoms with Crippen LogP contribution in [-0.4, -0.2) is 15.0 Å². The Hall–Kier alpha value is -1.72. The summed E-state index contributed by atoms with van der Waals surface area (Å²) in [5, 5.41) is 1.05. The molecule has 0 aromatic carbocycles. The quantitative estimate of drug-likeness (QED) is 0.666. The summed E-state index contributed by atoms with van der Waals surface area (Å²) in [6.07, 6.45) is 1.66. The fourth-order valence-electron chi connectivity index (χ4n) is 1.70. The molecule has 0 aliphatic heterocycles. The maximum atomic E-state index is 5.91. The van der Waals surface area contributed by atoms with Crippen molar-refractivity contribution in [3.8, 4) is 11.6 Å². The van der Waals surface area contributed by atoms with E-state index in [-0.39, 0.29) is 5.28 Å². The van der Waals surface area contributed by atoms with Crippen molar-refractivity contribution in [2.75, 3.05) is 0 Å². The molecule has 4 nitrogen and oxygen atoms in total. The van der Waals surface area contributed by atoms with Crippen LogP contribution in [0.1, 0.15) is 10.6 Å². The largest absolute Gasteiger partial charge is 0.437 e. The molecular weight excluding hydrogens is 282 g/mol. The minimum Gasteiger partial charge on any atom is -0.437 e. The van der Waals surface area contributed by atoms with E-state index in [4.69, 9.17) is 16.3 Å². The molecule has 0 radical (unpaired) electrons. The lowest BCUT2D eigenvalue weighted by Crippen LogP contribution is -1.92. The standard InChI is InChI=1S/C13H10ClN3OS/c1-7-3-4-9(6-15-7)18-11-10-5-8(2)19-12(10)17-13(14)16-11/h3-6H,1-2H3. The highest BCUT2D eigenvalue weighted by Gasteiger charge is 2.11. The van der Waals surface area contributed by atoms with Crippen LogP contribution >= 0.6 is 22.9 Å². The van der Waals surface area contributed by atoms with Gasteiger partial charge in [-0.2, -0.15) is 4.98 Å². The van der Waals surface area contributed by atoms with Gasteiger partial charge in [0.25, 0.3) is 0 Å². The number of aryl methyl sites for hydroxylation is 2. The van der Waals surface area contributed by atoms with Gasteiger partial charge >= 0.3 is 0 Å². The Labute approximate surface area is 119 Å². The first kappa shape index (κ1) is 12.3. The van der Waals surface area contributed by atoms with Crippen LogP contribution in [0.4, 0.5) is 0 Å². The number of nitrogens with zero attached hydrogens (tertiary/aromatic N) is 3. The first-order valence-electron chi connectivity index (χ1n) is 5.66. The molecule has 0 spiro atoms. The first-order valence-corrected chi connectivity index (χ1v) is 6.85. The molecule has 0 amide bonds. The molecule has 3 aromatic heterocycles. The highest BCUT2D eigenvalue weighted by Crippen LogP contribution is 2.33. The molecule has 19 heavy (non-hydrogen) atoms. The van der Waals surface area contributed by atoms with Crippen LogP contribution in [0.3, 0.4) is 0 Å². The second-order valence-electron chi connectivity index (χ2n) is 4.11. The third-order valence-corrected chi connectivity index (χ3v) is 3.67. The molecule has 3 aromatic rings. The van der Waals surface area contributed by atoms with E-state index < -0.39 is 0 Å². The lowest BCUT2D eigenvalue weighted by molar-refractivity contribution is 0.466. The van der Waals surface area contributed by atoms with Crippen molar-refractivity contribution in [3.05, 3.63) is 40.3 Å². The van der Waals surface area contributed by atoms with Gasteiger partial charge in [0.1, 0.15) is 10.6 Å². The molecule has 0 unspecified atom stereocenters. The minimum absolute atomic E-state index is 0.185. The summed E-state index contributed by atoms with van der Waals surface area (Å²) in [6.45, 7) is 3.93. The second kappa shape index (κ2) is 4.75. The predicted molar refractivity (Wildman–Crippen MR) is 76.2 cm³/mol. The predicted octanol–water partition coefficient (Wildman–Crippen LogP) is 4.15. The summed E-state index contributed by atoms with van der Waals surface area (Å²) >= 11 is 7.48. The number of fused-ring (bicyclic) bond motifs is 1. The summed E-state index contributed by atoms with van der Waals surface area (Å²) in [5.74, 6) is 1.09. The Bertz CT molecular complexity index is 739. The van der Waals surface area contributed by atoms with E-state index in [2.05, 4.69) is 15.0 Å². The van der Waals surface area contributed by atoms with E-state index in [9.17, 15) is 0 Å². The molecule has 3 heterocycles. The average molecular weight is 292 g/mol. The van der Waals surface area contributed by atoms with Crippen molar-refractivity contribution in [1.82, 2.24) is 15.0 Å². The van der Waals surface area contributed by atoms with Gasteiger partial charge in [-0.3, -0.25) is 4.98 Å². The Kier molecular flexibility index (Phi) is 3.08. The molecule has 0 bridgehead atoms. The zero-order valence-corrected chi connectivity index (χ0v) is 11.9. The monoisotopic (exact) mass is 291 g/mol. The van der Waals surface area contributed by atoms with Gasteiger partial charge in [-0.15, -0.1) is 11.3 Å². The highest BCUT2D eigenvalue weighted by molar-refractivity contribution is 7.18. The number of thiophene rings is 1. The molecule has 6 heteroatoms. The summed E-state index contributed by atoms with van der Waals surface area (Å²) in [6, 6.07) is 5.73. The van der Waals surface area contributed by atoms with Crippen molar-refractivity contribution in [2.24, 2.45) is 0 Å². The SMILES string of the molecule is Cc1ccc(Oc2nc(Cl)nc3sc(C)cc23)cn1. The third-order valence-electron chi connectivity index (χ3n) is 2.55. The lowest BCUT2D eigenvalue weighted by atomic mass is 10.3. The minimum atomic E-state index is 0.185. The second-order valence-corrected chi connectivity index (χ2v) is 5.68.